The van der Waals surface area contributed by atoms with Crippen LogP contribution in [0.5, 0.6) is 0 Å². The van der Waals surface area contributed by atoms with E-state index in [0.29, 0.717) is 12.0 Å². The van der Waals surface area contributed by atoms with Crippen molar-refractivity contribution in [2.24, 2.45) is 0 Å². The predicted octanol–water partition coefficient (Wildman–Crippen LogP) is 3.54. The number of amides is 2. The summed E-state index contributed by atoms with van der Waals surface area (Å²) >= 11 is 0. The van der Waals surface area contributed by atoms with Crippen molar-refractivity contribution in [3.8, 4) is 0 Å². The zero-order valence-electron chi connectivity index (χ0n) is 13.5. The molecule has 0 unspecified atom stereocenters. The minimum Gasteiger partial charge on any atom is -0.273 e. The topological polar surface area (TPSA) is 49.4 Å². The van der Waals surface area contributed by atoms with Crippen LogP contribution in [-0.2, 0) is 4.79 Å². The van der Waals surface area contributed by atoms with Gasteiger partial charge in [-0.15, -0.1) is 0 Å². The highest BCUT2D eigenvalue weighted by Gasteiger charge is 2.26. The van der Waals surface area contributed by atoms with Gasteiger partial charge in [0.15, 0.2) is 0 Å². The van der Waals surface area contributed by atoms with E-state index in [1.807, 2.05) is 26.8 Å². The number of nitrogens with one attached hydrogen (secondary N) is 1. The summed E-state index contributed by atoms with van der Waals surface area (Å²) in [6, 6.07) is 8.88. The molecule has 0 aliphatic heterocycles. The summed E-state index contributed by atoms with van der Waals surface area (Å²) < 4.78 is 0. The molecule has 1 aromatic rings. The number of hydrogen-bond acceptors (Lipinski definition) is 3. The van der Waals surface area contributed by atoms with Crippen LogP contribution in [0.15, 0.2) is 30.3 Å². The van der Waals surface area contributed by atoms with Gasteiger partial charge < -0.3 is 0 Å². The molecule has 0 bridgehead atoms. The number of rotatable bonds is 6. The number of carbonyl (C=O) groups is 2. The Morgan fingerprint density at radius 2 is 1.71 bits per heavy atom. The summed E-state index contributed by atoms with van der Waals surface area (Å²) in [5, 5.41) is 1.17. The summed E-state index contributed by atoms with van der Waals surface area (Å²) in [5.41, 5.74) is 3.17. The molecule has 0 spiro atoms. The minimum atomic E-state index is -0.356. The maximum Gasteiger partial charge on any atom is 0.275 e. The van der Waals surface area contributed by atoms with E-state index in [0.717, 1.165) is 19.3 Å². The second kappa shape index (κ2) is 7.93. The van der Waals surface area contributed by atoms with Crippen LogP contribution in [0.4, 0.5) is 0 Å². The first-order chi connectivity index (χ1) is 9.85. The molecule has 2 amide bonds. The molecule has 0 atom stereocenters. The molecule has 1 N–H and O–H groups in total. The van der Waals surface area contributed by atoms with Crippen LogP contribution in [0.1, 0.15) is 63.7 Å². The molecule has 0 heterocycles. The van der Waals surface area contributed by atoms with Crippen molar-refractivity contribution in [1.29, 1.82) is 0 Å². The van der Waals surface area contributed by atoms with E-state index in [1.54, 1.807) is 24.3 Å². The van der Waals surface area contributed by atoms with E-state index in [1.165, 1.54) is 5.01 Å². The number of nitrogens with zero attached hydrogens (tertiary/aromatic N) is 1. The summed E-state index contributed by atoms with van der Waals surface area (Å²) in [6.07, 6.45) is 3.23. The van der Waals surface area contributed by atoms with Gasteiger partial charge in [-0.2, -0.15) is 0 Å². The van der Waals surface area contributed by atoms with Crippen LogP contribution in [0.3, 0.4) is 0 Å². The van der Waals surface area contributed by atoms with Gasteiger partial charge in [-0.1, -0.05) is 38.0 Å². The first kappa shape index (κ1) is 17.4. The monoisotopic (exact) mass is 290 g/mol. The van der Waals surface area contributed by atoms with Gasteiger partial charge >= 0.3 is 0 Å². The molecule has 0 fully saturated rings. The smallest absolute Gasteiger partial charge is 0.273 e. The average molecular weight is 290 g/mol. The third-order valence-corrected chi connectivity index (χ3v) is 2.91. The number of carbonyl (C=O) groups excluding carboxylic acids is 2. The SMILES string of the molecule is CCCCCC(=O)N(NC(C)(C)C)C(=O)c1ccccc1. The Hall–Kier alpha value is -1.68. The van der Waals surface area contributed by atoms with Crippen molar-refractivity contribution >= 4 is 11.8 Å². The fraction of sp³-hybridized carbons (Fsp3) is 0.529. The second-order valence-corrected chi connectivity index (χ2v) is 6.22. The standard InChI is InChI=1S/C17H26N2O2/c1-5-6-8-13-15(20)19(18-17(2,3)4)16(21)14-11-9-7-10-12-14/h7,9-12,18H,5-6,8,13H2,1-4H3. The van der Waals surface area contributed by atoms with Crippen molar-refractivity contribution in [2.45, 2.75) is 58.9 Å². The zero-order valence-corrected chi connectivity index (χ0v) is 13.5. The van der Waals surface area contributed by atoms with Crippen LogP contribution in [0, 0.1) is 0 Å². The third kappa shape index (κ3) is 6.08. The lowest BCUT2D eigenvalue weighted by Gasteiger charge is -2.30. The van der Waals surface area contributed by atoms with Gasteiger partial charge in [0.1, 0.15) is 0 Å². The van der Waals surface area contributed by atoms with Crippen LogP contribution >= 0.6 is 0 Å². The van der Waals surface area contributed by atoms with E-state index in [-0.39, 0.29) is 17.4 Å². The fourth-order valence-electron chi connectivity index (χ4n) is 1.91. The van der Waals surface area contributed by atoms with Crippen LogP contribution in [-0.4, -0.2) is 22.4 Å². The van der Waals surface area contributed by atoms with Crippen LogP contribution in [0.2, 0.25) is 0 Å². The maximum atomic E-state index is 12.5. The normalized spacial score (nSPS) is 11.2. The van der Waals surface area contributed by atoms with Crippen molar-refractivity contribution in [3.05, 3.63) is 35.9 Å². The summed E-state index contributed by atoms with van der Waals surface area (Å²) in [4.78, 5) is 24.9. The van der Waals surface area contributed by atoms with Crippen molar-refractivity contribution < 1.29 is 9.59 Å². The average Bonchev–Trinajstić information content (AvgIpc) is 2.44. The van der Waals surface area contributed by atoms with E-state index >= 15 is 0 Å². The van der Waals surface area contributed by atoms with Crippen molar-refractivity contribution in [1.82, 2.24) is 10.4 Å². The van der Waals surface area contributed by atoms with Crippen molar-refractivity contribution in [2.75, 3.05) is 0 Å². The Kier molecular flexibility index (Phi) is 6.56. The summed E-state index contributed by atoms with van der Waals surface area (Å²) in [7, 11) is 0. The number of hydrazine groups is 1. The van der Waals surface area contributed by atoms with Gasteiger partial charge in [0.25, 0.3) is 5.91 Å². The third-order valence-electron chi connectivity index (χ3n) is 2.91. The Labute approximate surface area is 127 Å². The van der Waals surface area contributed by atoms with Crippen LogP contribution in [0.25, 0.3) is 0 Å². The zero-order chi connectivity index (χ0) is 15.9. The first-order valence-corrected chi connectivity index (χ1v) is 7.55. The van der Waals surface area contributed by atoms with E-state index in [9.17, 15) is 9.59 Å². The molecule has 0 radical (unpaired) electrons. The summed E-state index contributed by atoms with van der Waals surface area (Å²) in [6.45, 7) is 7.87. The molecule has 0 aromatic heterocycles. The van der Waals surface area contributed by atoms with Gasteiger partial charge in [-0.05, 0) is 39.3 Å². The van der Waals surface area contributed by atoms with E-state index < -0.39 is 0 Å². The Bertz CT molecular complexity index is 463. The molecule has 0 aliphatic rings. The molecule has 1 aromatic carbocycles. The molecule has 4 nitrogen and oxygen atoms in total. The fourth-order valence-corrected chi connectivity index (χ4v) is 1.91. The maximum absolute atomic E-state index is 12.5. The number of unbranched alkanes of at least 4 members (excludes halogenated alkanes) is 2. The first-order valence-electron chi connectivity index (χ1n) is 7.55. The molecule has 21 heavy (non-hydrogen) atoms. The number of imide groups is 1. The molecular formula is C17H26N2O2. The highest BCUT2D eigenvalue weighted by Crippen LogP contribution is 2.10. The largest absolute Gasteiger partial charge is 0.275 e. The Morgan fingerprint density at radius 1 is 1.10 bits per heavy atom. The lowest BCUT2D eigenvalue weighted by Crippen LogP contribution is -2.54. The highest BCUT2D eigenvalue weighted by molar-refractivity contribution is 6.04. The molecule has 0 saturated carbocycles. The Balaban J connectivity index is 2.86. The van der Waals surface area contributed by atoms with E-state index in [2.05, 4.69) is 12.3 Å². The second-order valence-electron chi connectivity index (χ2n) is 6.22. The lowest BCUT2D eigenvalue weighted by molar-refractivity contribution is -0.132. The molecule has 0 aliphatic carbocycles. The molecule has 4 heteroatoms. The quantitative estimate of drug-likeness (QED) is 0.644. The number of hydrogen-bond donors (Lipinski definition) is 1. The van der Waals surface area contributed by atoms with Gasteiger partial charge in [-0.3, -0.25) is 9.59 Å². The molecule has 0 saturated heterocycles. The lowest BCUT2D eigenvalue weighted by atomic mass is 10.1. The summed E-state index contributed by atoms with van der Waals surface area (Å²) in [5.74, 6) is -0.473. The van der Waals surface area contributed by atoms with Gasteiger partial charge in [0.05, 0.1) is 0 Å². The van der Waals surface area contributed by atoms with Gasteiger partial charge in [0, 0.05) is 17.5 Å². The Morgan fingerprint density at radius 3 is 2.24 bits per heavy atom. The minimum absolute atomic E-state index is 0.174. The number of benzene rings is 1. The predicted molar refractivity (Wildman–Crippen MR) is 84.6 cm³/mol. The van der Waals surface area contributed by atoms with Gasteiger partial charge in [-0.25, -0.2) is 10.4 Å². The van der Waals surface area contributed by atoms with Crippen LogP contribution < -0.4 is 5.43 Å². The highest BCUT2D eigenvalue weighted by atomic mass is 16.2. The molecular weight excluding hydrogens is 264 g/mol. The molecule has 116 valence electrons. The van der Waals surface area contributed by atoms with Crippen molar-refractivity contribution in [3.63, 3.8) is 0 Å². The van der Waals surface area contributed by atoms with E-state index in [4.69, 9.17) is 0 Å². The molecule has 1 rings (SSSR count). The van der Waals surface area contributed by atoms with Gasteiger partial charge in [0.2, 0.25) is 5.91 Å².